The van der Waals surface area contributed by atoms with Crippen LogP contribution in [0.5, 0.6) is 11.5 Å². The number of nitrogens with one attached hydrogen (secondary N) is 2. The second kappa shape index (κ2) is 8.99. The van der Waals surface area contributed by atoms with Gasteiger partial charge in [0.25, 0.3) is 0 Å². The van der Waals surface area contributed by atoms with Gasteiger partial charge in [-0.2, -0.15) is 0 Å². The first-order valence-corrected chi connectivity index (χ1v) is 8.65. The Morgan fingerprint density at radius 2 is 1.54 bits per heavy atom. The molecule has 134 valence electrons. The largest absolute Gasteiger partial charge is 0.508 e. The van der Waals surface area contributed by atoms with Gasteiger partial charge >= 0.3 is 0 Å². The summed E-state index contributed by atoms with van der Waals surface area (Å²) < 4.78 is 0. The zero-order valence-corrected chi connectivity index (χ0v) is 14.5. The Kier molecular flexibility index (Phi) is 6.19. The molecule has 3 aromatic rings. The van der Waals surface area contributed by atoms with Crippen LogP contribution in [-0.2, 0) is 6.54 Å². The van der Waals surface area contributed by atoms with Gasteiger partial charge in [0.15, 0.2) is 0 Å². The van der Waals surface area contributed by atoms with Gasteiger partial charge in [-0.25, -0.2) is 0 Å². The molecule has 0 bridgehead atoms. The second-order valence-corrected chi connectivity index (χ2v) is 6.01. The van der Waals surface area contributed by atoms with Gasteiger partial charge in [0.05, 0.1) is 11.7 Å². The molecule has 3 rings (SSSR count). The predicted molar refractivity (Wildman–Crippen MR) is 102 cm³/mol. The summed E-state index contributed by atoms with van der Waals surface area (Å²) in [6, 6.07) is 20.2. The first kappa shape index (κ1) is 17.9. The van der Waals surface area contributed by atoms with Gasteiger partial charge in [-0.3, -0.25) is 4.98 Å². The number of nitrogens with zero attached hydrogens (tertiary/aromatic N) is 1. The van der Waals surface area contributed by atoms with Crippen molar-refractivity contribution in [3.05, 3.63) is 89.7 Å². The molecular weight excluding hydrogens is 326 g/mol. The lowest BCUT2D eigenvalue weighted by molar-refractivity contribution is 0.452. The van der Waals surface area contributed by atoms with Gasteiger partial charge in [0.2, 0.25) is 0 Å². The first-order valence-electron chi connectivity index (χ1n) is 8.65. The van der Waals surface area contributed by atoms with Crippen molar-refractivity contribution in [2.75, 3.05) is 13.1 Å². The maximum Gasteiger partial charge on any atom is 0.120 e. The van der Waals surface area contributed by atoms with E-state index in [-0.39, 0.29) is 11.8 Å². The summed E-state index contributed by atoms with van der Waals surface area (Å²) in [5.41, 5.74) is 2.52. The highest BCUT2D eigenvalue weighted by Gasteiger charge is 2.17. The maximum atomic E-state index is 10.2. The molecule has 0 spiro atoms. The summed E-state index contributed by atoms with van der Waals surface area (Å²) in [5, 5.41) is 26.8. The lowest BCUT2D eigenvalue weighted by Crippen LogP contribution is -2.31. The first-order chi connectivity index (χ1) is 12.8. The molecule has 4 N–H and O–H groups in total. The van der Waals surface area contributed by atoms with Crippen molar-refractivity contribution in [3.63, 3.8) is 0 Å². The Balaban J connectivity index is 1.60. The van der Waals surface area contributed by atoms with Crippen LogP contribution in [0, 0.1) is 0 Å². The van der Waals surface area contributed by atoms with E-state index in [1.54, 1.807) is 18.3 Å². The van der Waals surface area contributed by atoms with E-state index in [1.165, 1.54) is 0 Å². The van der Waals surface area contributed by atoms with Gasteiger partial charge < -0.3 is 20.8 Å². The monoisotopic (exact) mass is 349 g/mol. The number of aromatic hydroxyl groups is 2. The van der Waals surface area contributed by atoms with Crippen LogP contribution in [0.2, 0.25) is 0 Å². The third-order valence-corrected chi connectivity index (χ3v) is 4.19. The van der Waals surface area contributed by atoms with E-state index >= 15 is 0 Å². The SMILES string of the molecule is Oc1ccccc1CNCCNC(c1ccccn1)c1ccccc1O. The van der Waals surface area contributed by atoms with Crippen molar-refractivity contribution in [2.45, 2.75) is 12.6 Å². The van der Waals surface area contributed by atoms with Crippen LogP contribution >= 0.6 is 0 Å². The third-order valence-electron chi connectivity index (χ3n) is 4.19. The molecule has 1 unspecified atom stereocenters. The number of hydrogen-bond donors (Lipinski definition) is 4. The van der Waals surface area contributed by atoms with Crippen LogP contribution in [0.1, 0.15) is 22.9 Å². The number of para-hydroxylation sites is 2. The highest BCUT2D eigenvalue weighted by atomic mass is 16.3. The van der Waals surface area contributed by atoms with Crippen molar-refractivity contribution in [3.8, 4) is 11.5 Å². The normalized spacial score (nSPS) is 12.0. The number of hydrogen-bond acceptors (Lipinski definition) is 5. The van der Waals surface area contributed by atoms with E-state index < -0.39 is 0 Å². The molecule has 0 aliphatic rings. The molecule has 1 heterocycles. The molecule has 1 atom stereocenters. The molecule has 0 amide bonds. The minimum absolute atomic E-state index is 0.190. The van der Waals surface area contributed by atoms with E-state index in [0.717, 1.165) is 16.8 Å². The fourth-order valence-electron chi connectivity index (χ4n) is 2.84. The molecule has 2 aromatic carbocycles. The molecular formula is C21H23N3O2. The van der Waals surface area contributed by atoms with Crippen molar-refractivity contribution in [1.82, 2.24) is 15.6 Å². The molecule has 5 nitrogen and oxygen atoms in total. The third kappa shape index (κ3) is 4.59. The average molecular weight is 349 g/mol. The van der Waals surface area contributed by atoms with Crippen LogP contribution in [0.3, 0.4) is 0 Å². The molecule has 5 heteroatoms. The van der Waals surface area contributed by atoms with Crippen LogP contribution in [0.25, 0.3) is 0 Å². The van der Waals surface area contributed by atoms with Crippen LogP contribution in [0.4, 0.5) is 0 Å². The van der Waals surface area contributed by atoms with Gasteiger partial charge in [-0.05, 0) is 24.3 Å². The molecule has 0 saturated heterocycles. The Hall–Kier alpha value is -2.89. The van der Waals surface area contributed by atoms with E-state index in [0.29, 0.717) is 25.4 Å². The van der Waals surface area contributed by atoms with E-state index in [4.69, 9.17) is 0 Å². The van der Waals surface area contributed by atoms with E-state index in [2.05, 4.69) is 15.6 Å². The van der Waals surface area contributed by atoms with Crippen molar-refractivity contribution >= 4 is 0 Å². The van der Waals surface area contributed by atoms with Crippen LogP contribution in [-0.4, -0.2) is 28.3 Å². The summed E-state index contributed by atoms with van der Waals surface area (Å²) in [5.74, 6) is 0.548. The van der Waals surface area contributed by atoms with Crippen LogP contribution < -0.4 is 10.6 Å². The summed E-state index contributed by atoms with van der Waals surface area (Å²) in [4.78, 5) is 4.43. The highest BCUT2D eigenvalue weighted by Crippen LogP contribution is 2.27. The second-order valence-electron chi connectivity index (χ2n) is 6.01. The zero-order chi connectivity index (χ0) is 18.2. The number of benzene rings is 2. The van der Waals surface area contributed by atoms with Gasteiger partial charge in [-0.1, -0.05) is 42.5 Å². The summed E-state index contributed by atoms with van der Waals surface area (Å²) in [6.45, 7) is 1.99. The Morgan fingerprint density at radius 3 is 2.27 bits per heavy atom. The average Bonchev–Trinajstić information content (AvgIpc) is 2.67. The number of pyridine rings is 1. The molecule has 0 aliphatic heterocycles. The highest BCUT2D eigenvalue weighted by molar-refractivity contribution is 5.38. The molecule has 0 saturated carbocycles. The van der Waals surface area contributed by atoms with Crippen molar-refractivity contribution in [1.29, 1.82) is 0 Å². The molecule has 1 aromatic heterocycles. The minimum Gasteiger partial charge on any atom is -0.508 e. The van der Waals surface area contributed by atoms with Crippen molar-refractivity contribution in [2.24, 2.45) is 0 Å². The smallest absolute Gasteiger partial charge is 0.120 e. The molecule has 26 heavy (non-hydrogen) atoms. The number of phenols is 2. The predicted octanol–water partition coefficient (Wildman–Crippen LogP) is 2.96. The quantitative estimate of drug-likeness (QED) is 0.470. The van der Waals surface area contributed by atoms with Gasteiger partial charge in [0, 0.05) is 37.0 Å². The number of rotatable bonds is 8. The topological polar surface area (TPSA) is 77.4 Å². The molecule has 0 radical (unpaired) electrons. The minimum atomic E-state index is -0.190. The lowest BCUT2D eigenvalue weighted by atomic mass is 10.0. The molecule has 0 aliphatic carbocycles. The summed E-state index contributed by atoms with van der Waals surface area (Å²) in [6.07, 6.45) is 1.75. The van der Waals surface area contributed by atoms with E-state index in [1.807, 2.05) is 54.6 Å². The Labute approximate surface area is 153 Å². The fourth-order valence-corrected chi connectivity index (χ4v) is 2.84. The van der Waals surface area contributed by atoms with Gasteiger partial charge in [-0.15, -0.1) is 0 Å². The fraction of sp³-hybridized carbons (Fsp3) is 0.190. The lowest BCUT2D eigenvalue weighted by Gasteiger charge is -2.20. The van der Waals surface area contributed by atoms with Gasteiger partial charge in [0.1, 0.15) is 11.5 Å². The standard InChI is InChI=1S/C21H23N3O2/c25-19-10-3-1-7-16(19)15-22-13-14-24-21(18-9-5-6-12-23-18)17-8-2-4-11-20(17)26/h1-12,21-22,24-26H,13-15H2. The Bertz CT molecular complexity index is 824. The van der Waals surface area contributed by atoms with E-state index in [9.17, 15) is 10.2 Å². The zero-order valence-electron chi connectivity index (χ0n) is 14.5. The number of phenolic OH excluding ortho intramolecular Hbond substituents is 2. The number of aromatic nitrogens is 1. The Morgan fingerprint density at radius 1 is 0.808 bits per heavy atom. The summed E-state index contributed by atoms with van der Waals surface area (Å²) in [7, 11) is 0. The van der Waals surface area contributed by atoms with Crippen molar-refractivity contribution < 1.29 is 10.2 Å². The summed E-state index contributed by atoms with van der Waals surface area (Å²) >= 11 is 0. The van der Waals surface area contributed by atoms with Crippen LogP contribution in [0.15, 0.2) is 72.9 Å². The maximum absolute atomic E-state index is 10.2. The molecule has 0 fully saturated rings.